The summed E-state index contributed by atoms with van der Waals surface area (Å²) in [6, 6.07) is 3.82. The van der Waals surface area contributed by atoms with Crippen LogP contribution in [-0.4, -0.2) is 42.8 Å². The van der Waals surface area contributed by atoms with Gasteiger partial charge in [-0.15, -0.1) is 11.8 Å². The Hall–Kier alpha value is -2.35. The van der Waals surface area contributed by atoms with Crippen molar-refractivity contribution in [3.8, 4) is 17.2 Å². The molecule has 1 aliphatic heterocycles. The van der Waals surface area contributed by atoms with Crippen LogP contribution in [0.25, 0.3) is 0 Å². The molecule has 0 saturated carbocycles. The molecule has 1 atom stereocenters. The minimum atomic E-state index is -0.0682. The molecular formula is C16H19N3O4S. The van der Waals surface area contributed by atoms with Crippen LogP contribution in [0.2, 0.25) is 0 Å². The first-order valence-electron chi connectivity index (χ1n) is 7.32. The highest BCUT2D eigenvalue weighted by atomic mass is 32.2. The fourth-order valence-corrected chi connectivity index (χ4v) is 3.82. The first-order chi connectivity index (χ1) is 11.6. The van der Waals surface area contributed by atoms with Crippen LogP contribution in [0, 0.1) is 0 Å². The van der Waals surface area contributed by atoms with Crippen LogP contribution in [0.3, 0.4) is 0 Å². The van der Waals surface area contributed by atoms with Gasteiger partial charge in [0.2, 0.25) is 11.7 Å². The molecule has 24 heavy (non-hydrogen) atoms. The van der Waals surface area contributed by atoms with Crippen molar-refractivity contribution in [1.82, 2.24) is 9.78 Å². The second kappa shape index (κ2) is 6.64. The number of aryl methyl sites for hydroxylation is 1. The maximum atomic E-state index is 12.0. The van der Waals surface area contributed by atoms with Gasteiger partial charge in [0.25, 0.3) is 0 Å². The third-order valence-corrected chi connectivity index (χ3v) is 5.17. The zero-order valence-corrected chi connectivity index (χ0v) is 14.8. The number of benzene rings is 1. The Bertz CT molecular complexity index is 750. The zero-order chi connectivity index (χ0) is 17.3. The van der Waals surface area contributed by atoms with E-state index in [1.54, 1.807) is 39.3 Å². The fourth-order valence-electron chi connectivity index (χ4n) is 2.74. The van der Waals surface area contributed by atoms with Crippen LogP contribution in [-0.2, 0) is 11.8 Å². The lowest BCUT2D eigenvalue weighted by molar-refractivity contribution is -0.113. The number of nitrogens with one attached hydrogen (secondary N) is 1. The summed E-state index contributed by atoms with van der Waals surface area (Å²) in [7, 11) is 6.55. The highest BCUT2D eigenvalue weighted by Gasteiger charge is 2.28. The summed E-state index contributed by atoms with van der Waals surface area (Å²) in [5, 5.41) is 7.11. The molecule has 2 aromatic rings. The zero-order valence-electron chi connectivity index (χ0n) is 14.0. The number of carbonyl (C=O) groups is 1. The molecule has 2 heterocycles. The number of hydrogen-bond donors (Lipinski definition) is 1. The van der Waals surface area contributed by atoms with E-state index < -0.39 is 0 Å². The number of methoxy groups -OCH3 is 3. The number of nitrogens with zero attached hydrogens (tertiary/aromatic N) is 2. The first-order valence-corrected chi connectivity index (χ1v) is 8.37. The number of anilines is 1. The van der Waals surface area contributed by atoms with Crippen LogP contribution < -0.4 is 19.5 Å². The van der Waals surface area contributed by atoms with E-state index in [1.807, 2.05) is 12.1 Å². The molecule has 1 aliphatic rings. The van der Waals surface area contributed by atoms with E-state index in [1.165, 1.54) is 11.8 Å². The topological polar surface area (TPSA) is 74.6 Å². The SMILES string of the molecule is COc1cc([C@@H]2SCC(=O)Nc3c2cnn3C)cc(OC)c1OC. The standard InChI is InChI=1S/C16H19N3O4S/c1-19-16-10(7-17-19)15(24-8-13(20)18-16)9-5-11(21-2)14(23-4)12(6-9)22-3/h5-7,15H,8H2,1-4H3,(H,18,20)/t15-/m0/s1. The van der Waals surface area contributed by atoms with Crippen molar-refractivity contribution < 1.29 is 19.0 Å². The minimum absolute atomic E-state index is 0.0419. The third kappa shape index (κ3) is 2.77. The maximum absolute atomic E-state index is 12.0. The summed E-state index contributed by atoms with van der Waals surface area (Å²) in [5.74, 6) is 2.74. The monoisotopic (exact) mass is 349 g/mol. The van der Waals surface area contributed by atoms with E-state index in [4.69, 9.17) is 14.2 Å². The molecule has 128 valence electrons. The summed E-state index contributed by atoms with van der Waals surface area (Å²) < 4.78 is 17.9. The summed E-state index contributed by atoms with van der Waals surface area (Å²) in [5.41, 5.74) is 1.91. The van der Waals surface area contributed by atoms with Gasteiger partial charge in [0, 0.05) is 12.6 Å². The van der Waals surface area contributed by atoms with Crippen molar-refractivity contribution in [1.29, 1.82) is 0 Å². The molecule has 7 nitrogen and oxygen atoms in total. The van der Waals surface area contributed by atoms with E-state index in [-0.39, 0.29) is 11.2 Å². The van der Waals surface area contributed by atoms with Gasteiger partial charge in [-0.3, -0.25) is 9.48 Å². The third-order valence-electron chi connectivity index (χ3n) is 3.88. The molecule has 1 aromatic carbocycles. The molecule has 0 saturated heterocycles. The van der Waals surface area contributed by atoms with Gasteiger partial charge < -0.3 is 19.5 Å². The average Bonchev–Trinajstić information content (AvgIpc) is 2.85. The summed E-state index contributed by atoms with van der Waals surface area (Å²) >= 11 is 1.54. The molecular weight excluding hydrogens is 330 g/mol. The highest BCUT2D eigenvalue weighted by molar-refractivity contribution is 8.00. The summed E-state index contributed by atoms with van der Waals surface area (Å²) in [6.45, 7) is 0. The quantitative estimate of drug-likeness (QED) is 0.912. The lowest BCUT2D eigenvalue weighted by Crippen LogP contribution is -2.15. The fraction of sp³-hybridized carbons (Fsp3) is 0.375. The van der Waals surface area contributed by atoms with Crippen molar-refractivity contribution in [2.24, 2.45) is 7.05 Å². The number of ether oxygens (including phenoxy) is 3. The Labute approximate surface area is 144 Å². The van der Waals surface area contributed by atoms with Crippen LogP contribution >= 0.6 is 11.8 Å². The average molecular weight is 349 g/mol. The molecule has 8 heteroatoms. The number of aromatic nitrogens is 2. The largest absolute Gasteiger partial charge is 0.493 e. The second-order valence-electron chi connectivity index (χ2n) is 5.27. The first kappa shape index (κ1) is 16.5. The van der Waals surface area contributed by atoms with Gasteiger partial charge in [-0.2, -0.15) is 5.10 Å². The van der Waals surface area contributed by atoms with Crippen molar-refractivity contribution in [3.05, 3.63) is 29.5 Å². The number of hydrogen-bond acceptors (Lipinski definition) is 6. The van der Waals surface area contributed by atoms with Gasteiger partial charge in [0.05, 0.1) is 38.5 Å². The van der Waals surface area contributed by atoms with Crippen LogP contribution in [0.1, 0.15) is 16.4 Å². The molecule has 0 aliphatic carbocycles. The molecule has 0 bridgehead atoms. The summed E-state index contributed by atoms with van der Waals surface area (Å²) in [6.07, 6.45) is 1.78. The molecule has 3 rings (SSSR count). The predicted octanol–water partition coefficient (Wildman–Crippen LogP) is 2.22. The van der Waals surface area contributed by atoms with E-state index in [0.29, 0.717) is 28.8 Å². The van der Waals surface area contributed by atoms with E-state index >= 15 is 0 Å². The van der Waals surface area contributed by atoms with Gasteiger partial charge in [-0.25, -0.2) is 0 Å². The molecule has 0 spiro atoms. The van der Waals surface area contributed by atoms with Gasteiger partial charge >= 0.3 is 0 Å². The molecule has 1 amide bonds. The normalized spacial score (nSPS) is 16.8. The number of thioether (sulfide) groups is 1. The Balaban J connectivity index is 2.13. The Kier molecular flexibility index (Phi) is 4.57. The predicted molar refractivity (Wildman–Crippen MR) is 92.2 cm³/mol. The number of carbonyl (C=O) groups excluding carboxylic acids is 1. The van der Waals surface area contributed by atoms with Crippen molar-refractivity contribution in [3.63, 3.8) is 0 Å². The maximum Gasteiger partial charge on any atom is 0.235 e. The molecule has 1 N–H and O–H groups in total. The highest BCUT2D eigenvalue weighted by Crippen LogP contribution is 2.46. The van der Waals surface area contributed by atoms with Gasteiger partial charge in [-0.1, -0.05) is 0 Å². The number of rotatable bonds is 4. The van der Waals surface area contributed by atoms with Gasteiger partial charge in [-0.05, 0) is 17.7 Å². The van der Waals surface area contributed by atoms with E-state index in [9.17, 15) is 4.79 Å². The van der Waals surface area contributed by atoms with E-state index in [0.717, 1.165) is 11.1 Å². The lowest BCUT2D eigenvalue weighted by atomic mass is 10.0. The Morgan fingerprint density at radius 1 is 1.21 bits per heavy atom. The van der Waals surface area contributed by atoms with E-state index in [2.05, 4.69) is 10.4 Å². The van der Waals surface area contributed by atoms with Crippen molar-refractivity contribution in [2.75, 3.05) is 32.4 Å². The van der Waals surface area contributed by atoms with Gasteiger partial charge in [0.15, 0.2) is 11.5 Å². The number of amides is 1. The number of fused-ring (bicyclic) bond motifs is 1. The Morgan fingerprint density at radius 2 is 1.88 bits per heavy atom. The Morgan fingerprint density at radius 3 is 2.46 bits per heavy atom. The molecule has 0 radical (unpaired) electrons. The van der Waals surface area contributed by atoms with Crippen LogP contribution in [0.4, 0.5) is 5.82 Å². The van der Waals surface area contributed by atoms with Crippen LogP contribution in [0.15, 0.2) is 18.3 Å². The molecule has 0 fully saturated rings. The minimum Gasteiger partial charge on any atom is -0.493 e. The van der Waals surface area contributed by atoms with Gasteiger partial charge in [0.1, 0.15) is 5.82 Å². The van der Waals surface area contributed by atoms with Crippen LogP contribution in [0.5, 0.6) is 17.2 Å². The lowest BCUT2D eigenvalue weighted by Gasteiger charge is -2.18. The summed E-state index contributed by atoms with van der Waals surface area (Å²) in [4.78, 5) is 12.0. The molecule has 0 unspecified atom stereocenters. The second-order valence-corrected chi connectivity index (χ2v) is 6.36. The van der Waals surface area contributed by atoms with Crippen molar-refractivity contribution >= 4 is 23.5 Å². The smallest absolute Gasteiger partial charge is 0.235 e. The van der Waals surface area contributed by atoms with Crippen molar-refractivity contribution in [2.45, 2.75) is 5.25 Å². The molecule has 1 aromatic heterocycles.